The first-order chi connectivity index (χ1) is 21.3. The Morgan fingerprint density at radius 2 is 1.93 bits per heavy atom. The van der Waals surface area contributed by atoms with E-state index in [4.69, 9.17) is 14.5 Å². The van der Waals surface area contributed by atoms with Crippen molar-refractivity contribution in [1.82, 2.24) is 4.90 Å². The second kappa shape index (κ2) is 17.1. The molecule has 1 saturated carbocycles. The monoisotopic (exact) mass is 600 g/mol. The predicted molar refractivity (Wildman–Crippen MR) is 185 cm³/mol. The van der Waals surface area contributed by atoms with E-state index in [1.807, 2.05) is 6.21 Å². The summed E-state index contributed by atoms with van der Waals surface area (Å²) in [6.07, 6.45) is 19.2. The molecule has 2 aliphatic heterocycles. The van der Waals surface area contributed by atoms with Gasteiger partial charge in [0, 0.05) is 30.6 Å². The molecular weight excluding hydrogens is 544 g/mol. The first-order valence-electron chi connectivity index (χ1n) is 17.0. The van der Waals surface area contributed by atoms with Crippen molar-refractivity contribution < 1.29 is 14.6 Å². The van der Waals surface area contributed by atoms with Crippen LogP contribution in [-0.4, -0.2) is 61.0 Å². The number of dihydropyridines is 1. The van der Waals surface area contributed by atoms with Crippen LogP contribution in [0.4, 0.5) is 0 Å². The van der Waals surface area contributed by atoms with Gasteiger partial charge in [0.15, 0.2) is 6.29 Å². The van der Waals surface area contributed by atoms with Crippen molar-refractivity contribution in [2.45, 2.75) is 110 Å². The van der Waals surface area contributed by atoms with Gasteiger partial charge in [-0.05, 0) is 111 Å². The van der Waals surface area contributed by atoms with E-state index in [9.17, 15) is 5.11 Å². The second-order valence-electron chi connectivity index (χ2n) is 13.1. The summed E-state index contributed by atoms with van der Waals surface area (Å²) in [6, 6.07) is 9.44. The highest BCUT2D eigenvalue weighted by Crippen LogP contribution is 2.35. The van der Waals surface area contributed by atoms with Crippen molar-refractivity contribution in [3.8, 4) is 0 Å². The van der Waals surface area contributed by atoms with Crippen molar-refractivity contribution in [2.24, 2.45) is 10.9 Å². The largest absolute Gasteiger partial charge is 0.376 e. The third kappa shape index (κ3) is 9.63. The molecular formula is C39H56N2O3. The fraction of sp³-hybridized carbons (Fsp3) is 0.564. The van der Waals surface area contributed by atoms with Crippen molar-refractivity contribution in [3.05, 3.63) is 88.7 Å². The van der Waals surface area contributed by atoms with Gasteiger partial charge < -0.3 is 19.5 Å². The van der Waals surface area contributed by atoms with Crippen LogP contribution in [0.25, 0.3) is 5.57 Å². The summed E-state index contributed by atoms with van der Waals surface area (Å²) in [5.74, 6) is 1.29. The van der Waals surface area contributed by atoms with E-state index < -0.39 is 6.29 Å². The Morgan fingerprint density at radius 3 is 2.59 bits per heavy atom. The molecule has 1 N–H and O–H groups in total. The number of aliphatic hydroxyl groups excluding tert-OH is 1. The number of hydrogen-bond acceptors (Lipinski definition) is 5. The average Bonchev–Trinajstić information content (AvgIpc) is 3.23. The molecule has 5 nitrogen and oxygen atoms in total. The fourth-order valence-corrected chi connectivity index (χ4v) is 6.55. The van der Waals surface area contributed by atoms with Crippen LogP contribution in [0.3, 0.4) is 0 Å². The lowest BCUT2D eigenvalue weighted by molar-refractivity contribution is -0.197. The minimum absolute atomic E-state index is 0.0202. The van der Waals surface area contributed by atoms with Crippen molar-refractivity contribution in [2.75, 3.05) is 26.3 Å². The number of aliphatic hydroxyl groups is 1. The minimum atomic E-state index is -0.926. The lowest BCUT2D eigenvalue weighted by Gasteiger charge is -2.32. The van der Waals surface area contributed by atoms with Gasteiger partial charge in [-0.2, -0.15) is 0 Å². The third-order valence-electron chi connectivity index (χ3n) is 9.10. The number of rotatable bonds is 14. The summed E-state index contributed by atoms with van der Waals surface area (Å²) in [4.78, 5) is 7.23. The maximum absolute atomic E-state index is 10.4. The summed E-state index contributed by atoms with van der Waals surface area (Å²) < 4.78 is 10.8. The predicted octanol–water partition coefficient (Wildman–Crippen LogP) is 8.79. The number of aliphatic imine (C=N–C) groups is 1. The Balaban J connectivity index is 1.43. The van der Waals surface area contributed by atoms with E-state index in [2.05, 4.69) is 94.7 Å². The van der Waals surface area contributed by atoms with E-state index in [0.717, 1.165) is 31.5 Å². The Morgan fingerprint density at radius 1 is 1.16 bits per heavy atom. The topological polar surface area (TPSA) is 54.3 Å². The van der Waals surface area contributed by atoms with Crippen LogP contribution in [0.15, 0.2) is 82.6 Å². The van der Waals surface area contributed by atoms with Gasteiger partial charge in [-0.1, -0.05) is 69.3 Å². The molecule has 44 heavy (non-hydrogen) atoms. The molecule has 2 heterocycles. The van der Waals surface area contributed by atoms with Crippen LogP contribution < -0.4 is 0 Å². The molecule has 4 rings (SSSR count). The minimum Gasteiger partial charge on any atom is -0.376 e. The second-order valence-corrected chi connectivity index (χ2v) is 13.1. The lowest BCUT2D eigenvalue weighted by Crippen LogP contribution is -2.39. The molecule has 240 valence electrons. The van der Waals surface area contributed by atoms with Crippen LogP contribution in [0.1, 0.15) is 103 Å². The highest BCUT2D eigenvalue weighted by Gasteiger charge is 2.25. The molecule has 5 heteroatoms. The Kier molecular flexibility index (Phi) is 13.3. The van der Waals surface area contributed by atoms with Gasteiger partial charge in [0.2, 0.25) is 0 Å². The van der Waals surface area contributed by atoms with Gasteiger partial charge >= 0.3 is 0 Å². The van der Waals surface area contributed by atoms with Gasteiger partial charge in [-0.15, -0.1) is 0 Å². The standard InChI is InChI=1S/C39H56N2O3/c1-7-22-41(23-10-11-29(5)39(42)44-36-26-43-27-36)38-20-21-40-30(6)37(38)25-32(8-2)34-16-18-35(19-17-34)33-13-9-12-31(14-15-33)24-28(3)4/h8,16-21,24-25,28,30,33,36,39,42H,5,7,9-15,22-23,26-27H2,1-4,6H3/b31-24+,32-8+,37-25+/t30?,33-,39?/m0/s1. The molecule has 2 fully saturated rings. The first kappa shape index (κ1) is 34.1. The SMILES string of the molecule is C=C(CCCN(CCC)C1=CC=NC(C)/C1=C\C(=C/C)c1ccc([C@H]2CCC/C(=C\C(C)C)CC2)cc1)C(O)OC1COC1. The molecule has 0 spiro atoms. The van der Waals surface area contributed by atoms with Crippen molar-refractivity contribution >= 4 is 11.8 Å². The van der Waals surface area contributed by atoms with Crippen molar-refractivity contribution in [1.29, 1.82) is 0 Å². The molecule has 1 aliphatic carbocycles. The maximum Gasteiger partial charge on any atom is 0.177 e. The number of benzene rings is 1. The number of hydrogen-bond donors (Lipinski definition) is 1. The average molecular weight is 601 g/mol. The third-order valence-corrected chi connectivity index (χ3v) is 9.10. The molecule has 1 aromatic carbocycles. The van der Waals surface area contributed by atoms with Crippen LogP contribution in [-0.2, 0) is 9.47 Å². The van der Waals surface area contributed by atoms with Crippen LogP contribution in [0, 0.1) is 5.92 Å². The summed E-state index contributed by atoms with van der Waals surface area (Å²) in [6.45, 7) is 18.2. The molecule has 0 aromatic heterocycles. The van der Waals surface area contributed by atoms with E-state index in [0.29, 0.717) is 31.5 Å². The molecule has 2 unspecified atom stereocenters. The summed E-state index contributed by atoms with van der Waals surface area (Å²) in [5, 5.41) is 10.4. The zero-order chi connectivity index (χ0) is 31.5. The normalized spacial score (nSPS) is 23.9. The molecule has 0 amide bonds. The Hall–Kier alpha value is -2.73. The Labute approximate surface area is 267 Å². The zero-order valence-corrected chi connectivity index (χ0v) is 27.9. The maximum atomic E-state index is 10.4. The van der Waals surface area contributed by atoms with Gasteiger partial charge in [-0.3, -0.25) is 4.99 Å². The number of allylic oxidation sites excluding steroid dienone is 6. The molecule has 1 aromatic rings. The number of nitrogens with zero attached hydrogens (tertiary/aromatic N) is 2. The summed E-state index contributed by atoms with van der Waals surface area (Å²) in [7, 11) is 0. The highest BCUT2D eigenvalue weighted by atomic mass is 16.7. The van der Waals surface area contributed by atoms with Crippen LogP contribution in [0.5, 0.6) is 0 Å². The molecule has 1 saturated heterocycles. The molecule has 3 atom stereocenters. The molecule has 0 bridgehead atoms. The molecule has 0 radical (unpaired) electrons. The van der Waals surface area contributed by atoms with Gasteiger partial charge in [-0.25, -0.2) is 0 Å². The summed E-state index contributed by atoms with van der Waals surface area (Å²) in [5.41, 5.74) is 8.83. The fourth-order valence-electron chi connectivity index (χ4n) is 6.55. The van der Waals surface area contributed by atoms with Gasteiger partial charge in [0.25, 0.3) is 0 Å². The summed E-state index contributed by atoms with van der Waals surface area (Å²) >= 11 is 0. The lowest BCUT2D eigenvalue weighted by atomic mass is 9.89. The highest BCUT2D eigenvalue weighted by molar-refractivity contribution is 5.80. The van der Waals surface area contributed by atoms with Crippen LogP contribution in [0.2, 0.25) is 0 Å². The van der Waals surface area contributed by atoms with Crippen molar-refractivity contribution in [3.63, 3.8) is 0 Å². The molecule has 3 aliphatic rings. The number of ether oxygens (including phenoxy) is 2. The van der Waals surface area contributed by atoms with E-state index >= 15 is 0 Å². The van der Waals surface area contributed by atoms with E-state index in [1.165, 1.54) is 60.1 Å². The van der Waals surface area contributed by atoms with E-state index in [1.54, 1.807) is 5.57 Å². The quantitative estimate of drug-likeness (QED) is 0.132. The Bertz CT molecular complexity index is 1230. The van der Waals surface area contributed by atoms with Gasteiger partial charge in [0.1, 0.15) is 6.10 Å². The zero-order valence-electron chi connectivity index (χ0n) is 27.9. The van der Waals surface area contributed by atoms with E-state index in [-0.39, 0.29) is 12.1 Å². The van der Waals surface area contributed by atoms with Gasteiger partial charge in [0.05, 0.1) is 19.3 Å². The smallest absolute Gasteiger partial charge is 0.177 e. The first-order valence-corrected chi connectivity index (χ1v) is 17.0. The van der Waals surface area contributed by atoms with Crippen LogP contribution >= 0.6 is 0 Å².